The van der Waals surface area contributed by atoms with Gasteiger partial charge in [-0.2, -0.15) is 0 Å². The molecule has 0 atom stereocenters. The summed E-state index contributed by atoms with van der Waals surface area (Å²) in [4.78, 5) is 8.76. The van der Waals surface area contributed by atoms with E-state index in [9.17, 15) is 4.39 Å². The Morgan fingerprint density at radius 3 is 2.34 bits per heavy atom. The minimum absolute atomic E-state index is 0. The molecular formula is C30H21FIrN2O-2. The van der Waals surface area contributed by atoms with Crippen LogP contribution in [0.15, 0.2) is 95.5 Å². The first-order chi connectivity index (χ1) is 16.6. The maximum Gasteiger partial charge on any atom is 0.126 e. The molecule has 0 bridgehead atoms. The molecule has 0 spiro atoms. The van der Waals surface area contributed by atoms with Crippen LogP contribution in [0.25, 0.3) is 44.5 Å². The molecule has 6 rings (SSSR count). The van der Waals surface area contributed by atoms with Crippen molar-refractivity contribution in [2.45, 2.75) is 13.8 Å². The van der Waals surface area contributed by atoms with Gasteiger partial charge in [0.25, 0.3) is 0 Å². The van der Waals surface area contributed by atoms with E-state index in [4.69, 9.17) is 4.42 Å². The van der Waals surface area contributed by atoms with Gasteiger partial charge in [-0.05, 0) is 48.8 Å². The van der Waals surface area contributed by atoms with Gasteiger partial charge in [0.15, 0.2) is 0 Å². The number of nitrogens with zero attached hydrogens (tertiary/aromatic N) is 2. The van der Waals surface area contributed by atoms with Crippen molar-refractivity contribution in [1.29, 1.82) is 0 Å². The Kier molecular flexibility index (Phi) is 7.50. The summed E-state index contributed by atoms with van der Waals surface area (Å²) >= 11 is 0. The van der Waals surface area contributed by atoms with E-state index in [1.807, 2.05) is 80.6 Å². The standard InChI is InChI=1S/C19H13FNO.C11H8N.Ir/c1-11-7-12(2)21-17(8-11)13-3-5-15-16-6-4-14(20)10-19(16)22-18(15)9-13;1-2-6-10(7-3-1)11-8-4-5-9-12-11;/h4-10H,1-2H3;1-6,8-9H;/q2*-1;. The normalized spacial score (nSPS) is 10.5. The Morgan fingerprint density at radius 2 is 1.60 bits per heavy atom. The van der Waals surface area contributed by atoms with Gasteiger partial charge in [-0.25, -0.2) is 4.39 Å². The molecule has 1 radical (unpaired) electrons. The van der Waals surface area contributed by atoms with Gasteiger partial charge >= 0.3 is 0 Å². The number of pyridine rings is 2. The molecular weight excluding hydrogens is 616 g/mol. The van der Waals surface area contributed by atoms with Gasteiger partial charge in [0.2, 0.25) is 0 Å². The fraction of sp³-hybridized carbons (Fsp3) is 0.0667. The van der Waals surface area contributed by atoms with Crippen molar-refractivity contribution in [3.8, 4) is 22.5 Å². The van der Waals surface area contributed by atoms with Crippen molar-refractivity contribution in [3.63, 3.8) is 0 Å². The second kappa shape index (κ2) is 10.7. The van der Waals surface area contributed by atoms with Gasteiger partial charge in [-0.3, -0.25) is 0 Å². The molecule has 3 heterocycles. The van der Waals surface area contributed by atoms with E-state index >= 15 is 0 Å². The number of furan rings is 1. The van der Waals surface area contributed by atoms with Gasteiger partial charge < -0.3 is 14.4 Å². The average molecular weight is 637 g/mol. The van der Waals surface area contributed by atoms with Crippen LogP contribution in [0.4, 0.5) is 4.39 Å². The maximum absolute atomic E-state index is 13.3. The summed E-state index contributed by atoms with van der Waals surface area (Å²) in [7, 11) is 0. The van der Waals surface area contributed by atoms with Crippen LogP contribution >= 0.6 is 0 Å². The molecule has 0 aliphatic carbocycles. The topological polar surface area (TPSA) is 38.9 Å². The number of aromatic nitrogens is 2. The van der Waals surface area contributed by atoms with Gasteiger partial charge in [-0.1, -0.05) is 41.3 Å². The molecule has 0 N–H and O–H groups in total. The van der Waals surface area contributed by atoms with Crippen LogP contribution in [0, 0.1) is 31.8 Å². The number of benzene rings is 3. The third-order valence-electron chi connectivity index (χ3n) is 5.39. The Hall–Kier alpha value is -3.66. The third kappa shape index (κ3) is 5.54. The van der Waals surface area contributed by atoms with E-state index in [-0.39, 0.29) is 25.9 Å². The number of hydrogen-bond acceptors (Lipinski definition) is 3. The maximum atomic E-state index is 13.3. The minimum atomic E-state index is -0.299. The Labute approximate surface area is 217 Å². The fourth-order valence-corrected chi connectivity index (χ4v) is 3.89. The summed E-state index contributed by atoms with van der Waals surface area (Å²) in [6, 6.07) is 32.5. The molecule has 0 aliphatic rings. The van der Waals surface area contributed by atoms with E-state index in [2.05, 4.69) is 22.1 Å². The molecule has 0 aliphatic heterocycles. The third-order valence-corrected chi connectivity index (χ3v) is 5.39. The minimum Gasteiger partial charge on any atom is -0.476 e. The second-order valence-electron chi connectivity index (χ2n) is 8.03. The van der Waals surface area contributed by atoms with Crippen molar-refractivity contribution >= 4 is 21.9 Å². The largest absolute Gasteiger partial charge is 0.476 e. The van der Waals surface area contributed by atoms with E-state index < -0.39 is 0 Å². The summed E-state index contributed by atoms with van der Waals surface area (Å²) < 4.78 is 19.1. The van der Waals surface area contributed by atoms with Gasteiger partial charge in [-0.15, -0.1) is 53.6 Å². The fourth-order valence-electron chi connectivity index (χ4n) is 3.89. The zero-order valence-corrected chi connectivity index (χ0v) is 21.6. The Morgan fingerprint density at radius 1 is 0.771 bits per heavy atom. The molecule has 0 amide bonds. The SMILES string of the molecule is Cc1cc(C)nc(-c2[c-]cc3c(c2)oc2cc(F)ccc23)c1.[Ir].[c-]1ccccc1-c1ccccn1. The summed E-state index contributed by atoms with van der Waals surface area (Å²) in [6.07, 6.45) is 1.79. The van der Waals surface area contributed by atoms with Crippen LogP contribution in [0.2, 0.25) is 0 Å². The number of hydrogen-bond donors (Lipinski definition) is 0. The molecule has 0 saturated carbocycles. The zero-order valence-electron chi connectivity index (χ0n) is 19.2. The van der Waals surface area contributed by atoms with Crippen LogP contribution in [0.3, 0.4) is 0 Å². The van der Waals surface area contributed by atoms with Crippen LogP contribution in [-0.2, 0) is 20.1 Å². The van der Waals surface area contributed by atoms with E-state index in [1.165, 1.54) is 12.1 Å². The van der Waals surface area contributed by atoms with E-state index in [1.54, 1.807) is 12.3 Å². The van der Waals surface area contributed by atoms with Crippen molar-refractivity contribution in [2.75, 3.05) is 0 Å². The smallest absolute Gasteiger partial charge is 0.126 e. The van der Waals surface area contributed by atoms with Crippen LogP contribution in [-0.4, -0.2) is 9.97 Å². The van der Waals surface area contributed by atoms with Crippen molar-refractivity contribution in [1.82, 2.24) is 9.97 Å². The van der Waals surface area contributed by atoms with Crippen LogP contribution in [0.1, 0.15) is 11.3 Å². The van der Waals surface area contributed by atoms with E-state index in [0.717, 1.165) is 50.1 Å². The van der Waals surface area contributed by atoms with Crippen molar-refractivity contribution < 1.29 is 28.9 Å². The molecule has 3 nitrogen and oxygen atoms in total. The quantitative estimate of drug-likeness (QED) is 0.183. The summed E-state index contributed by atoms with van der Waals surface area (Å²) in [5.74, 6) is -0.299. The van der Waals surface area contributed by atoms with Gasteiger partial charge in [0.05, 0.1) is 5.58 Å². The zero-order chi connectivity index (χ0) is 23.5. The number of rotatable bonds is 2. The van der Waals surface area contributed by atoms with Crippen molar-refractivity contribution in [2.24, 2.45) is 0 Å². The molecule has 0 fully saturated rings. The van der Waals surface area contributed by atoms with Gasteiger partial charge in [0.1, 0.15) is 11.4 Å². The van der Waals surface area contributed by atoms with Crippen LogP contribution in [0.5, 0.6) is 0 Å². The van der Waals surface area contributed by atoms with E-state index in [0.29, 0.717) is 5.58 Å². The average Bonchev–Trinajstić information content (AvgIpc) is 3.21. The number of fused-ring (bicyclic) bond motifs is 3. The van der Waals surface area contributed by atoms with Crippen molar-refractivity contribution in [3.05, 3.63) is 120 Å². The summed E-state index contributed by atoms with van der Waals surface area (Å²) in [6.45, 7) is 4.01. The number of aryl methyl sites for hydroxylation is 2. The van der Waals surface area contributed by atoms with Gasteiger partial charge in [0, 0.05) is 38.1 Å². The molecule has 6 aromatic rings. The molecule has 3 aromatic heterocycles. The summed E-state index contributed by atoms with van der Waals surface area (Å²) in [5.41, 5.74) is 7.14. The molecule has 0 unspecified atom stereocenters. The second-order valence-corrected chi connectivity index (χ2v) is 8.03. The number of halogens is 1. The first kappa shape index (κ1) is 24.5. The first-order valence-electron chi connectivity index (χ1n) is 10.9. The molecule has 0 saturated heterocycles. The first-order valence-corrected chi connectivity index (χ1v) is 10.9. The molecule has 5 heteroatoms. The summed E-state index contributed by atoms with van der Waals surface area (Å²) in [5, 5.41) is 1.83. The molecule has 3 aromatic carbocycles. The Bertz CT molecular complexity index is 1520. The predicted octanol–water partition coefficient (Wildman–Crippen LogP) is 7.75. The Balaban J connectivity index is 0.000000189. The predicted molar refractivity (Wildman–Crippen MR) is 134 cm³/mol. The molecule has 35 heavy (non-hydrogen) atoms. The van der Waals surface area contributed by atoms with Crippen LogP contribution < -0.4 is 0 Å². The monoisotopic (exact) mass is 637 g/mol. The molecule has 175 valence electrons.